The monoisotopic (exact) mass is 270 g/mol. The molecule has 1 aliphatic heterocycles. The highest BCUT2D eigenvalue weighted by molar-refractivity contribution is 5.78. The Hall–Kier alpha value is -1.14. The van der Waals surface area contributed by atoms with Gasteiger partial charge in [0.25, 0.3) is 0 Å². The molecule has 0 aromatic carbocycles. The highest BCUT2D eigenvalue weighted by Crippen LogP contribution is 2.26. The minimum atomic E-state index is -0.756. The summed E-state index contributed by atoms with van der Waals surface area (Å²) < 4.78 is 0. The van der Waals surface area contributed by atoms with Crippen molar-refractivity contribution in [2.45, 2.75) is 31.8 Å². The lowest BCUT2D eigenvalue weighted by Gasteiger charge is -2.32. The first-order valence-corrected chi connectivity index (χ1v) is 6.95. The minimum absolute atomic E-state index is 0.0451. The van der Waals surface area contributed by atoms with E-state index in [4.69, 9.17) is 10.2 Å². The first kappa shape index (κ1) is 14.3. The maximum absolute atomic E-state index is 11.9. The van der Waals surface area contributed by atoms with Crippen LogP contribution in [0.4, 0.5) is 0 Å². The lowest BCUT2D eigenvalue weighted by atomic mass is 9.82. The second-order valence-corrected chi connectivity index (χ2v) is 5.62. The molecule has 2 aliphatic rings. The lowest BCUT2D eigenvalue weighted by Crippen LogP contribution is -2.45. The van der Waals surface area contributed by atoms with Gasteiger partial charge in [-0.05, 0) is 38.1 Å². The highest BCUT2D eigenvalue weighted by atomic mass is 16.4. The van der Waals surface area contributed by atoms with Crippen molar-refractivity contribution in [3.8, 4) is 0 Å². The molecule has 6 nitrogen and oxygen atoms in total. The Labute approximate surface area is 112 Å². The van der Waals surface area contributed by atoms with Crippen molar-refractivity contribution in [3.63, 3.8) is 0 Å². The fourth-order valence-electron chi connectivity index (χ4n) is 2.74. The normalized spacial score (nSPS) is 27.9. The van der Waals surface area contributed by atoms with E-state index < -0.39 is 5.97 Å². The summed E-state index contributed by atoms with van der Waals surface area (Å²) in [6, 6.07) is 0. The molecule has 0 aromatic heterocycles. The molecule has 0 spiro atoms. The van der Waals surface area contributed by atoms with Gasteiger partial charge in [0.15, 0.2) is 0 Å². The van der Waals surface area contributed by atoms with Gasteiger partial charge in [-0.25, -0.2) is 0 Å². The Kier molecular flexibility index (Phi) is 4.76. The first-order chi connectivity index (χ1) is 9.06. The van der Waals surface area contributed by atoms with Crippen molar-refractivity contribution in [1.82, 2.24) is 10.2 Å². The fraction of sp³-hybridized carbons (Fsp3) is 0.846. The van der Waals surface area contributed by atoms with E-state index in [1.54, 1.807) is 4.90 Å². The van der Waals surface area contributed by atoms with Crippen LogP contribution in [0.25, 0.3) is 0 Å². The van der Waals surface area contributed by atoms with Gasteiger partial charge in [0.05, 0.1) is 18.6 Å². The number of aliphatic hydroxyl groups excluding tert-OH is 1. The van der Waals surface area contributed by atoms with Crippen LogP contribution in [0.2, 0.25) is 0 Å². The van der Waals surface area contributed by atoms with Crippen LogP contribution in [0.15, 0.2) is 0 Å². The summed E-state index contributed by atoms with van der Waals surface area (Å²) in [5.74, 6) is -0.522. The van der Waals surface area contributed by atoms with E-state index >= 15 is 0 Å². The van der Waals surface area contributed by atoms with Crippen molar-refractivity contribution >= 4 is 11.9 Å². The Morgan fingerprint density at radius 3 is 2.37 bits per heavy atom. The van der Waals surface area contributed by atoms with E-state index in [-0.39, 0.29) is 17.9 Å². The number of nitrogens with zero attached hydrogens (tertiary/aromatic N) is 1. The van der Waals surface area contributed by atoms with Crippen LogP contribution >= 0.6 is 0 Å². The summed E-state index contributed by atoms with van der Waals surface area (Å²) >= 11 is 0. The van der Waals surface area contributed by atoms with Gasteiger partial charge in [-0.15, -0.1) is 0 Å². The van der Waals surface area contributed by atoms with Crippen LogP contribution in [0, 0.1) is 11.8 Å². The van der Waals surface area contributed by atoms with Gasteiger partial charge < -0.3 is 20.4 Å². The summed E-state index contributed by atoms with van der Waals surface area (Å²) in [7, 11) is 0. The number of carbonyl (C=O) groups is 2. The number of piperidine rings is 1. The second-order valence-electron chi connectivity index (χ2n) is 5.62. The van der Waals surface area contributed by atoms with E-state index in [0.29, 0.717) is 38.4 Å². The van der Waals surface area contributed by atoms with Crippen molar-refractivity contribution in [2.24, 2.45) is 11.8 Å². The number of hydrogen-bond acceptors (Lipinski definition) is 4. The highest BCUT2D eigenvalue weighted by Gasteiger charge is 2.28. The molecule has 2 fully saturated rings. The van der Waals surface area contributed by atoms with Crippen molar-refractivity contribution in [1.29, 1.82) is 0 Å². The predicted octanol–water partition coefficient (Wildman–Crippen LogP) is -0.330. The van der Waals surface area contributed by atoms with Gasteiger partial charge >= 0.3 is 5.97 Å². The van der Waals surface area contributed by atoms with E-state index in [0.717, 1.165) is 19.4 Å². The van der Waals surface area contributed by atoms with Gasteiger partial charge in [-0.3, -0.25) is 9.59 Å². The average Bonchev–Trinajstić information content (AvgIpc) is 2.36. The quantitative estimate of drug-likeness (QED) is 0.636. The van der Waals surface area contributed by atoms with E-state index in [1.165, 1.54) is 0 Å². The van der Waals surface area contributed by atoms with Crippen LogP contribution in [0.1, 0.15) is 25.7 Å². The van der Waals surface area contributed by atoms with E-state index in [2.05, 4.69) is 5.32 Å². The molecule has 1 heterocycles. The average molecular weight is 270 g/mol. The third kappa shape index (κ3) is 3.91. The van der Waals surface area contributed by atoms with Crippen LogP contribution in [-0.4, -0.2) is 59.3 Å². The molecule has 0 unspecified atom stereocenters. The maximum Gasteiger partial charge on any atom is 0.306 e. The number of carboxylic acid groups (broad SMARTS) is 1. The molecule has 0 radical (unpaired) electrons. The Balaban J connectivity index is 1.60. The largest absolute Gasteiger partial charge is 0.481 e. The summed E-state index contributed by atoms with van der Waals surface area (Å²) in [6.45, 7) is 2.16. The molecule has 1 amide bonds. The Bertz CT molecular complexity index is 334. The number of hydrogen-bond donors (Lipinski definition) is 3. The smallest absolute Gasteiger partial charge is 0.306 e. The molecule has 0 atom stereocenters. The molecule has 1 saturated carbocycles. The van der Waals surface area contributed by atoms with Crippen molar-refractivity contribution in [2.75, 3.05) is 26.2 Å². The van der Waals surface area contributed by atoms with Gasteiger partial charge in [0.1, 0.15) is 0 Å². The number of carbonyl (C=O) groups excluding carboxylic acids is 1. The molecule has 2 rings (SSSR count). The van der Waals surface area contributed by atoms with Gasteiger partial charge in [0.2, 0.25) is 5.91 Å². The molecule has 1 aliphatic carbocycles. The number of likely N-dealkylation sites (tertiary alicyclic amines) is 1. The maximum atomic E-state index is 11.9. The number of amides is 1. The molecule has 108 valence electrons. The van der Waals surface area contributed by atoms with Gasteiger partial charge in [-0.2, -0.15) is 0 Å². The summed E-state index contributed by atoms with van der Waals surface area (Å²) in [5.41, 5.74) is 0. The Morgan fingerprint density at radius 1 is 1.21 bits per heavy atom. The molecular formula is C13H22N2O4. The fourth-order valence-corrected chi connectivity index (χ4v) is 2.74. The van der Waals surface area contributed by atoms with Crippen LogP contribution in [-0.2, 0) is 9.59 Å². The zero-order valence-electron chi connectivity index (χ0n) is 11.0. The number of aliphatic hydroxyl groups is 1. The number of rotatable bonds is 5. The predicted molar refractivity (Wildman–Crippen MR) is 68.5 cm³/mol. The molecule has 6 heteroatoms. The molecule has 0 bridgehead atoms. The van der Waals surface area contributed by atoms with E-state index in [9.17, 15) is 9.59 Å². The molecule has 0 aromatic rings. The molecule has 3 N–H and O–H groups in total. The minimum Gasteiger partial charge on any atom is -0.481 e. The lowest BCUT2D eigenvalue weighted by molar-refractivity contribution is -0.145. The van der Waals surface area contributed by atoms with Crippen molar-refractivity contribution < 1.29 is 19.8 Å². The van der Waals surface area contributed by atoms with Gasteiger partial charge in [-0.1, -0.05) is 0 Å². The van der Waals surface area contributed by atoms with Gasteiger partial charge in [0, 0.05) is 13.1 Å². The first-order valence-electron chi connectivity index (χ1n) is 6.95. The zero-order chi connectivity index (χ0) is 13.8. The topological polar surface area (TPSA) is 89.9 Å². The molecule has 1 saturated heterocycles. The second kappa shape index (κ2) is 6.34. The standard InChI is InChI=1S/C13H22N2O4/c16-11-5-9(6-11)7-14-8-12(17)15-3-1-10(2-4-15)13(18)19/h9-11,14,16H,1-8H2,(H,18,19). The van der Waals surface area contributed by atoms with Crippen LogP contribution < -0.4 is 5.32 Å². The third-order valence-corrected chi connectivity index (χ3v) is 4.12. The van der Waals surface area contributed by atoms with Crippen molar-refractivity contribution in [3.05, 3.63) is 0 Å². The number of aliphatic carboxylic acids is 1. The van der Waals surface area contributed by atoms with E-state index in [1.807, 2.05) is 0 Å². The van der Waals surface area contributed by atoms with Crippen LogP contribution in [0.3, 0.4) is 0 Å². The Morgan fingerprint density at radius 2 is 1.84 bits per heavy atom. The number of nitrogens with one attached hydrogen (secondary N) is 1. The summed E-state index contributed by atoms with van der Waals surface area (Å²) in [5, 5.41) is 21.2. The van der Waals surface area contributed by atoms with Crippen LogP contribution in [0.5, 0.6) is 0 Å². The molecular weight excluding hydrogens is 248 g/mol. The third-order valence-electron chi connectivity index (χ3n) is 4.12. The molecule has 19 heavy (non-hydrogen) atoms. The summed E-state index contributed by atoms with van der Waals surface area (Å²) in [4.78, 5) is 24.4. The zero-order valence-corrected chi connectivity index (χ0v) is 11.0. The SMILES string of the molecule is O=C(O)C1CCN(C(=O)CNCC2CC(O)C2)CC1. The number of carboxylic acids is 1. The summed E-state index contributed by atoms with van der Waals surface area (Å²) in [6.07, 6.45) is 2.60.